The third-order valence-corrected chi connectivity index (χ3v) is 5.22. The molecular weight excluding hydrogens is 388 g/mol. The first-order chi connectivity index (χ1) is 15.0. The highest BCUT2D eigenvalue weighted by molar-refractivity contribution is 5.94. The molecule has 6 nitrogen and oxygen atoms in total. The lowest BCUT2D eigenvalue weighted by atomic mass is 10.1. The van der Waals surface area contributed by atoms with Crippen molar-refractivity contribution in [2.24, 2.45) is 0 Å². The minimum atomic E-state index is -0.00902. The molecule has 0 fully saturated rings. The Morgan fingerprint density at radius 1 is 0.968 bits per heavy atom. The number of hydrogen-bond donors (Lipinski definition) is 0. The Balaban J connectivity index is 1.60. The second-order valence-corrected chi connectivity index (χ2v) is 7.61. The summed E-state index contributed by atoms with van der Waals surface area (Å²) in [6.07, 6.45) is 4.07. The van der Waals surface area contributed by atoms with E-state index in [4.69, 9.17) is 4.74 Å². The molecule has 2 aromatic carbocycles. The van der Waals surface area contributed by atoms with Crippen LogP contribution in [0.2, 0.25) is 0 Å². The predicted molar refractivity (Wildman–Crippen MR) is 124 cm³/mol. The van der Waals surface area contributed by atoms with Crippen molar-refractivity contribution in [3.8, 4) is 5.75 Å². The summed E-state index contributed by atoms with van der Waals surface area (Å²) in [5, 5.41) is 0. The van der Waals surface area contributed by atoms with Gasteiger partial charge in [-0.2, -0.15) is 0 Å². The van der Waals surface area contributed by atoms with Gasteiger partial charge >= 0.3 is 0 Å². The Kier molecular flexibility index (Phi) is 5.89. The summed E-state index contributed by atoms with van der Waals surface area (Å²) in [5.41, 5.74) is 4.59. The van der Waals surface area contributed by atoms with E-state index in [1.165, 1.54) is 0 Å². The van der Waals surface area contributed by atoms with Crippen molar-refractivity contribution < 1.29 is 9.53 Å². The number of benzene rings is 2. The number of amides is 1. The highest BCUT2D eigenvalue weighted by Gasteiger charge is 2.18. The number of carbonyl (C=O) groups is 1. The van der Waals surface area contributed by atoms with Gasteiger partial charge in [-0.25, -0.2) is 4.98 Å². The number of aromatic nitrogens is 2. The molecule has 6 heteroatoms. The topological polar surface area (TPSA) is 50.1 Å². The molecule has 0 saturated carbocycles. The lowest BCUT2D eigenvalue weighted by molar-refractivity contribution is -0.118. The Bertz CT molecular complexity index is 1130. The van der Waals surface area contributed by atoms with Gasteiger partial charge in [-0.3, -0.25) is 4.79 Å². The average molecular weight is 415 g/mol. The van der Waals surface area contributed by atoms with E-state index in [1.807, 2.05) is 73.4 Å². The van der Waals surface area contributed by atoms with Crippen LogP contribution in [0.5, 0.6) is 5.75 Å². The van der Waals surface area contributed by atoms with E-state index in [1.54, 1.807) is 12.0 Å². The number of ether oxygens (including phenoxy) is 1. The van der Waals surface area contributed by atoms with Crippen molar-refractivity contribution in [2.75, 3.05) is 31.0 Å². The van der Waals surface area contributed by atoms with Crippen LogP contribution in [0.1, 0.15) is 11.3 Å². The Morgan fingerprint density at radius 2 is 1.68 bits per heavy atom. The van der Waals surface area contributed by atoms with E-state index in [9.17, 15) is 4.79 Å². The SMILES string of the molecule is COc1ccc(N(Cc2ccc(N(C)C)cc2)C(=O)Cc2cn3ccccc3n2)cc1. The van der Waals surface area contributed by atoms with Crippen LogP contribution in [0.25, 0.3) is 5.65 Å². The highest BCUT2D eigenvalue weighted by atomic mass is 16.5. The number of hydrogen-bond acceptors (Lipinski definition) is 4. The number of fused-ring (bicyclic) bond motifs is 1. The van der Waals surface area contributed by atoms with Crippen molar-refractivity contribution in [3.05, 3.63) is 90.4 Å². The Labute approximate surface area is 182 Å². The fourth-order valence-corrected chi connectivity index (χ4v) is 3.49. The molecule has 31 heavy (non-hydrogen) atoms. The minimum absolute atomic E-state index is 0.00902. The van der Waals surface area contributed by atoms with Crippen LogP contribution in [-0.4, -0.2) is 36.5 Å². The number of nitrogens with zero attached hydrogens (tertiary/aromatic N) is 4. The molecular formula is C25H26N4O2. The molecule has 0 atom stereocenters. The first kappa shape index (κ1) is 20.5. The molecule has 4 aromatic rings. The molecule has 0 aliphatic carbocycles. The van der Waals surface area contributed by atoms with Gasteiger partial charge in [0.05, 0.1) is 25.8 Å². The van der Waals surface area contributed by atoms with Crippen molar-refractivity contribution in [3.63, 3.8) is 0 Å². The number of imidazole rings is 1. The molecule has 0 radical (unpaired) electrons. The first-order valence-corrected chi connectivity index (χ1v) is 10.2. The van der Waals surface area contributed by atoms with Gasteiger partial charge in [0.25, 0.3) is 0 Å². The van der Waals surface area contributed by atoms with Gasteiger partial charge in [0, 0.05) is 37.9 Å². The summed E-state index contributed by atoms with van der Waals surface area (Å²) in [4.78, 5) is 21.8. The van der Waals surface area contributed by atoms with Gasteiger partial charge < -0.3 is 18.9 Å². The highest BCUT2D eigenvalue weighted by Crippen LogP contribution is 2.23. The van der Waals surface area contributed by atoms with E-state index in [2.05, 4.69) is 34.1 Å². The number of rotatable bonds is 7. The molecule has 0 bridgehead atoms. The monoisotopic (exact) mass is 414 g/mol. The second-order valence-electron chi connectivity index (χ2n) is 7.61. The van der Waals surface area contributed by atoms with Crippen molar-refractivity contribution in [1.29, 1.82) is 0 Å². The van der Waals surface area contributed by atoms with Crippen molar-refractivity contribution in [2.45, 2.75) is 13.0 Å². The molecule has 1 amide bonds. The van der Waals surface area contributed by atoms with Gasteiger partial charge in [0.15, 0.2) is 0 Å². The third kappa shape index (κ3) is 4.69. The summed E-state index contributed by atoms with van der Waals surface area (Å²) in [5.74, 6) is 0.747. The summed E-state index contributed by atoms with van der Waals surface area (Å²) in [6.45, 7) is 0.478. The standard InChI is InChI=1S/C25H26N4O2/c1-27(2)21-9-7-19(8-10-21)17-29(22-11-13-23(31-3)14-12-22)25(30)16-20-18-28-15-5-4-6-24(28)26-20/h4-15,18H,16-17H2,1-3H3. The van der Waals surface area contributed by atoms with Crippen molar-refractivity contribution in [1.82, 2.24) is 9.38 Å². The first-order valence-electron chi connectivity index (χ1n) is 10.2. The summed E-state index contributed by atoms with van der Waals surface area (Å²) >= 11 is 0. The number of anilines is 2. The molecule has 4 rings (SSSR count). The van der Waals surface area contributed by atoms with Gasteiger partial charge in [-0.05, 0) is 54.1 Å². The van der Waals surface area contributed by atoms with E-state index < -0.39 is 0 Å². The molecule has 158 valence electrons. The van der Waals surface area contributed by atoms with Crippen LogP contribution in [0.4, 0.5) is 11.4 Å². The van der Waals surface area contributed by atoms with Gasteiger partial charge in [-0.15, -0.1) is 0 Å². The average Bonchev–Trinajstić information content (AvgIpc) is 3.20. The van der Waals surface area contributed by atoms with Crippen LogP contribution in [0, 0.1) is 0 Å². The molecule has 0 saturated heterocycles. The van der Waals surface area contributed by atoms with Gasteiger partial charge in [-0.1, -0.05) is 18.2 Å². The van der Waals surface area contributed by atoms with Crippen LogP contribution >= 0.6 is 0 Å². The van der Waals surface area contributed by atoms with Crippen LogP contribution < -0.4 is 14.5 Å². The molecule has 0 spiro atoms. The molecule has 0 aliphatic rings. The molecule has 0 unspecified atom stereocenters. The van der Waals surface area contributed by atoms with E-state index in [-0.39, 0.29) is 12.3 Å². The summed E-state index contributed by atoms with van der Waals surface area (Å²) < 4.78 is 7.20. The largest absolute Gasteiger partial charge is 0.497 e. The summed E-state index contributed by atoms with van der Waals surface area (Å²) in [7, 11) is 5.65. The lowest BCUT2D eigenvalue weighted by Crippen LogP contribution is -2.31. The molecule has 0 aliphatic heterocycles. The second kappa shape index (κ2) is 8.92. The third-order valence-electron chi connectivity index (χ3n) is 5.22. The van der Waals surface area contributed by atoms with E-state index in [0.717, 1.165) is 34.0 Å². The van der Waals surface area contributed by atoms with Crippen LogP contribution in [-0.2, 0) is 17.8 Å². The number of methoxy groups -OCH3 is 1. The molecule has 2 heterocycles. The lowest BCUT2D eigenvalue weighted by Gasteiger charge is -2.23. The Hall–Kier alpha value is -3.80. The summed E-state index contributed by atoms with van der Waals surface area (Å²) in [6, 6.07) is 21.6. The molecule has 0 N–H and O–H groups in total. The maximum Gasteiger partial charge on any atom is 0.233 e. The Morgan fingerprint density at radius 3 is 2.32 bits per heavy atom. The maximum atomic E-state index is 13.4. The minimum Gasteiger partial charge on any atom is -0.497 e. The smallest absolute Gasteiger partial charge is 0.233 e. The number of carbonyl (C=O) groups excluding carboxylic acids is 1. The zero-order valence-corrected chi connectivity index (χ0v) is 18.0. The van der Waals surface area contributed by atoms with Crippen molar-refractivity contribution >= 4 is 22.9 Å². The fourth-order valence-electron chi connectivity index (χ4n) is 3.49. The van der Waals surface area contributed by atoms with Crippen LogP contribution in [0.3, 0.4) is 0 Å². The van der Waals surface area contributed by atoms with Gasteiger partial charge in [0.2, 0.25) is 5.91 Å². The number of pyridine rings is 1. The maximum absolute atomic E-state index is 13.4. The zero-order valence-electron chi connectivity index (χ0n) is 18.0. The zero-order chi connectivity index (χ0) is 21.8. The van der Waals surface area contributed by atoms with E-state index in [0.29, 0.717) is 6.54 Å². The van der Waals surface area contributed by atoms with Crippen LogP contribution in [0.15, 0.2) is 79.1 Å². The quantitative estimate of drug-likeness (QED) is 0.455. The van der Waals surface area contributed by atoms with E-state index >= 15 is 0 Å². The normalized spacial score (nSPS) is 10.8. The molecule has 2 aromatic heterocycles. The fraction of sp³-hybridized carbons (Fsp3) is 0.200. The van der Waals surface area contributed by atoms with Gasteiger partial charge in [0.1, 0.15) is 11.4 Å². The predicted octanol–water partition coefficient (Wildman–Crippen LogP) is 4.18.